The van der Waals surface area contributed by atoms with Crippen LogP contribution in [0.3, 0.4) is 0 Å². The molecule has 0 saturated heterocycles. The molecule has 62 valence electrons. The van der Waals surface area contributed by atoms with Crippen LogP contribution < -0.4 is 0 Å². The first kappa shape index (κ1) is 7.82. The molecule has 0 aliphatic rings. The Hall–Kier alpha value is -0.810. The van der Waals surface area contributed by atoms with Crippen LogP contribution in [0.4, 0.5) is 0 Å². The van der Waals surface area contributed by atoms with Gasteiger partial charge >= 0.3 is 5.97 Å². The van der Waals surface area contributed by atoms with Gasteiger partial charge in [-0.05, 0) is 27.4 Å². The lowest BCUT2D eigenvalue weighted by Gasteiger charge is -1.85. The van der Waals surface area contributed by atoms with Gasteiger partial charge in [0.15, 0.2) is 0 Å². The van der Waals surface area contributed by atoms with Gasteiger partial charge in [0.25, 0.3) is 0 Å². The Morgan fingerprint density at radius 1 is 1.67 bits per heavy atom. The van der Waals surface area contributed by atoms with Crippen molar-refractivity contribution in [2.75, 3.05) is 0 Å². The molecule has 1 N–H and O–H groups in total. The fraction of sp³-hybridized carbons (Fsp3) is 0. The van der Waals surface area contributed by atoms with Crippen molar-refractivity contribution < 1.29 is 14.3 Å². The van der Waals surface area contributed by atoms with Gasteiger partial charge in [0.2, 0.25) is 5.76 Å². The second-order valence-corrected chi connectivity index (χ2v) is 3.87. The van der Waals surface area contributed by atoms with Crippen LogP contribution in [0.1, 0.15) is 10.6 Å². The SMILES string of the molecule is O=C(O)c1oc2ccsc2c1Br. The standard InChI is InChI=1S/C7H3BrO3S/c8-4-5(7(9)10)11-3-1-2-12-6(3)4/h1-2H,(H,9,10). The number of furan rings is 1. The maximum absolute atomic E-state index is 10.6. The molecular formula is C7H3BrO3S. The van der Waals surface area contributed by atoms with Crippen LogP contribution in [0.15, 0.2) is 20.3 Å². The van der Waals surface area contributed by atoms with Crippen molar-refractivity contribution >= 4 is 43.5 Å². The Bertz CT molecular complexity index is 442. The van der Waals surface area contributed by atoms with E-state index < -0.39 is 5.97 Å². The minimum absolute atomic E-state index is 0.0307. The zero-order valence-electron chi connectivity index (χ0n) is 5.70. The van der Waals surface area contributed by atoms with E-state index in [4.69, 9.17) is 9.52 Å². The quantitative estimate of drug-likeness (QED) is 0.842. The summed E-state index contributed by atoms with van der Waals surface area (Å²) in [5.41, 5.74) is 0.615. The molecule has 5 heteroatoms. The fourth-order valence-electron chi connectivity index (χ4n) is 0.933. The average molecular weight is 247 g/mol. The molecule has 0 spiro atoms. The smallest absolute Gasteiger partial charge is 0.373 e. The van der Waals surface area contributed by atoms with E-state index in [1.807, 2.05) is 5.38 Å². The summed E-state index contributed by atoms with van der Waals surface area (Å²) in [6, 6.07) is 1.75. The van der Waals surface area contributed by atoms with Gasteiger partial charge in [0.1, 0.15) is 5.58 Å². The first-order valence-electron chi connectivity index (χ1n) is 3.09. The molecule has 0 radical (unpaired) electrons. The minimum Gasteiger partial charge on any atom is -0.475 e. The van der Waals surface area contributed by atoms with Gasteiger partial charge < -0.3 is 9.52 Å². The van der Waals surface area contributed by atoms with Gasteiger partial charge in [0, 0.05) is 0 Å². The monoisotopic (exact) mass is 246 g/mol. The molecule has 0 aliphatic carbocycles. The van der Waals surface area contributed by atoms with Gasteiger partial charge in [-0.2, -0.15) is 0 Å². The second kappa shape index (κ2) is 2.60. The lowest BCUT2D eigenvalue weighted by molar-refractivity contribution is 0.0663. The Morgan fingerprint density at radius 2 is 2.42 bits per heavy atom. The van der Waals surface area contributed by atoms with Gasteiger partial charge in [-0.3, -0.25) is 0 Å². The van der Waals surface area contributed by atoms with E-state index in [0.717, 1.165) is 4.70 Å². The van der Waals surface area contributed by atoms with E-state index in [1.54, 1.807) is 6.07 Å². The number of rotatable bonds is 1. The van der Waals surface area contributed by atoms with Gasteiger partial charge in [0.05, 0.1) is 9.17 Å². The summed E-state index contributed by atoms with van der Waals surface area (Å²) in [6.45, 7) is 0. The molecule has 0 unspecified atom stereocenters. The lowest BCUT2D eigenvalue weighted by atomic mass is 10.4. The summed E-state index contributed by atoms with van der Waals surface area (Å²) in [4.78, 5) is 10.6. The molecule has 0 aliphatic heterocycles. The minimum atomic E-state index is -1.05. The Morgan fingerprint density at radius 3 is 3.00 bits per heavy atom. The number of thiophene rings is 1. The van der Waals surface area contributed by atoms with E-state index in [2.05, 4.69) is 15.9 Å². The van der Waals surface area contributed by atoms with Crippen molar-refractivity contribution in [3.63, 3.8) is 0 Å². The number of aromatic carboxylic acids is 1. The highest BCUT2D eigenvalue weighted by atomic mass is 79.9. The predicted molar refractivity (Wildman–Crippen MR) is 48.8 cm³/mol. The van der Waals surface area contributed by atoms with Crippen LogP contribution in [0.5, 0.6) is 0 Å². The van der Waals surface area contributed by atoms with Gasteiger partial charge in [-0.1, -0.05) is 0 Å². The van der Waals surface area contributed by atoms with E-state index in [0.29, 0.717) is 10.1 Å². The summed E-state index contributed by atoms with van der Waals surface area (Å²) < 4.78 is 6.43. The number of halogens is 1. The zero-order chi connectivity index (χ0) is 8.72. The molecule has 0 aromatic carbocycles. The van der Waals surface area contributed by atoms with Crippen molar-refractivity contribution in [1.29, 1.82) is 0 Å². The van der Waals surface area contributed by atoms with Crippen molar-refractivity contribution in [3.8, 4) is 0 Å². The number of fused-ring (bicyclic) bond motifs is 1. The highest BCUT2D eigenvalue weighted by Crippen LogP contribution is 2.34. The zero-order valence-corrected chi connectivity index (χ0v) is 8.11. The Kier molecular flexibility index (Phi) is 1.69. The van der Waals surface area contributed by atoms with Crippen molar-refractivity contribution in [2.45, 2.75) is 0 Å². The molecule has 0 atom stereocenters. The third-order valence-corrected chi connectivity index (χ3v) is 3.37. The summed E-state index contributed by atoms with van der Waals surface area (Å²) in [5.74, 6) is -1.08. The molecule has 0 saturated carbocycles. The summed E-state index contributed by atoms with van der Waals surface area (Å²) in [5, 5.41) is 10.5. The highest BCUT2D eigenvalue weighted by Gasteiger charge is 2.18. The molecule has 2 rings (SSSR count). The third kappa shape index (κ3) is 0.971. The molecule has 0 bridgehead atoms. The largest absolute Gasteiger partial charge is 0.475 e. The molecular weight excluding hydrogens is 244 g/mol. The topological polar surface area (TPSA) is 50.4 Å². The predicted octanol–water partition coefficient (Wildman–Crippen LogP) is 2.96. The van der Waals surface area contributed by atoms with Crippen molar-refractivity contribution in [2.24, 2.45) is 0 Å². The Labute approximate surface area is 79.7 Å². The van der Waals surface area contributed by atoms with Crippen LogP contribution in [0.2, 0.25) is 0 Å². The van der Waals surface area contributed by atoms with Crippen LogP contribution in [0, 0.1) is 0 Å². The van der Waals surface area contributed by atoms with Crippen molar-refractivity contribution in [1.82, 2.24) is 0 Å². The van der Waals surface area contributed by atoms with E-state index in [1.165, 1.54) is 11.3 Å². The van der Waals surface area contributed by atoms with Crippen LogP contribution in [-0.4, -0.2) is 11.1 Å². The fourth-order valence-corrected chi connectivity index (χ4v) is 2.41. The molecule has 2 aromatic heterocycles. The van der Waals surface area contributed by atoms with Crippen LogP contribution in [0.25, 0.3) is 10.3 Å². The number of hydrogen-bond donors (Lipinski definition) is 1. The Balaban J connectivity index is 2.78. The first-order chi connectivity index (χ1) is 5.70. The molecule has 2 heterocycles. The maximum Gasteiger partial charge on any atom is 0.373 e. The van der Waals surface area contributed by atoms with Crippen LogP contribution >= 0.6 is 27.3 Å². The van der Waals surface area contributed by atoms with E-state index in [-0.39, 0.29) is 5.76 Å². The van der Waals surface area contributed by atoms with Crippen molar-refractivity contribution in [3.05, 3.63) is 21.7 Å². The molecule has 12 heavy (non-hydrogen) atoms. The number of hydrogen-bond acceptors (Lipinski definition) is 3. The van der Waals surface area contributed by atoms with Gasteiger partial charge in [-0.15, -0.1) is 11.3 Å². The molecule has 2 aromatic rings. The summed E-state index contributed by atoms with van der Waals surface area (Å²) >= 11 is 4.62. The normalized spacial score (nSPS) is 10.8. The molecule has 0 amide bonds. The summed E-state index contributed by atoms with van der Waals surface area (Å²) in [7, 11) is 0. The maximum atomic E-state index is 10.6. The average Bonchev–Trinajstić information content (AvgIpc) is 2.53. The molecule has 0 fully saturated rings. The molecule has 3 nitrogen and oxygen atoms in total. The first-order valence-corrected chi connectivity index (χ1v) is 4.76. The highest BCUT2D eigenvalue weighted by molar-refractivity contribution is 9.10. The van der Waals surface area contributed by atoms with Crippen LogP contribution in [-0.2, 0) is 0 Å². The number of carboxylic acids is 1. The van der Waals surface area contributed by atoms with E-state index >= 15 is 0 Å². The summed E-state index contributed by atoms with van der Waals surface area (Å²) in [6.07, 6.45) is 0. The third-order valence-electron chi connectivity index (χ3n) is 1.43. The second-order valence-electron chi connectivity index (χ2n) is 2.16. The number of carbonyl (C=O) groups is 1. The van der Waals surface area contributed by atoms with E-state index in [9.17, 15) is 4.79 Å². The number of carboxylic acid groups (broad SMARTS) is 1. The lowest BCUT2D eigenvalue weighted by Crippen LogP contribution is -1.93. The van der Waals surface area contributed by atoms with Gasteiger partial charge in [-0.25, -0.2) is 4.79 Å².